The number of aryl methyl sites for hydroxylation is 1. The molecular formula is C17H16N2S. The first-order chi connectivity index (χ1) is 9.88. The number of hydrogen-bond acceptors (Lipinski definition) is 3. The van der Waals surface area contributed by atoms with E-state index in [4.69, 9.17) is 0 Å². The van der Waals surface area contributed by atoms with Gasteiger partial charge < -0.3 is 5.32 Å². The molecule has 0 aliphatic heterocycles. The Labute approximate surface area is 122 Å². The van der Waals surface area contributed by atoms with Gasteiger partial charge in [-0.05, 0) is 42.5 Å². The lowest BCUT2D eigenvalue weighted by Gasteiger charge is -2.25. The standard InChI is InChI=1S/C17H16N2S/c1-2-6-13-11-14(10-9-12(13)5-1)18-17-19-15-7-3-4-8-16(15)20-17/h1-8,14H,9-11H2,(H,18,19). The van der Waals surface area contributed by atoms with Crippen LogP contribution in [0.3, 0.4) is 0 Å². The van der Waals surface area contributed by atoms with Crippen molar-refractivity contribution in [1.82, 2.24) is 4.98 Å². The molecule has 0 fully saturated rings. The molecule has 1 N–H and O–H groups in total. The molecule has 2 nitrogen and oxygen atoms in total. The smallest absolute Gasteiger partial charge is 0.184 e. The third-order valence-electron chi connectivity index (χ3n) is 3.97. The van der Waals surface area contributed by atoms with Crippen molar-refractivity contribution in [1.29, 1.82) is 0 Å². The van der Waals surface area contributed by atoms with Crippen LogP contribution in [-0.4, -0.2) is 11.0 Å². The summed E-state index contributed by atoms with van der Waals surface area (Å²) in [5.74, 6) is 0. The molecule has 3 heteroatoms. The molecule has 1 unspecified atom stereocenters. The van der Waals surface area contributed by atoms with E-state index >= 15 is 0 Å². The van der Waals surface area contributed by atoms with Crippen LogP contribution in [0.5, 0.6) is 0 Å². The second-order valence-electron chi connectivity index (χ2n) is 5.34. The van der Waals surface area contributed by atoms with Crippen molar-refractivity contribution in [2.24, 2.45) is 0 Å². The van der Waals surface area contributed by atoms with E-state index in [-0.39, 0.29) is 0 Å². The minimum Gasteiger partial charge on any atom is -0.358 e. The Morgan fingerprint density at radius 2 is 1.80 bits per heavy atom. The maximum absolute atomic E-state index is 4.67. The second-order valence-corrected chi connectivity index (χ2v) is 6.37. The van der Waals surface area contributed by atoms with E-state index in [1.54, 1.807) is 11.3 Å². The molecule has 3 aromatic rings. The molecule has 100 valence electrons. The van der Waals surface area contributed by atoms with E-state index in [2.05, 4.69) is 52.8 Å². The Bertz CT molecular complexity index is 714. The largest absolute Gasteiger partial charge is 0.358 e. The fourth-order valence-electron chi connectivity index (χ4n) is 2.93. The van der Waals surface area contributed by atoms with Crippen LogP contribution in [0.1, 0.15) is 17.5 Å². The topological polar surface area (TPSA) is 24.9 Å². The van der Waals surface area contributed by atoms with Crippen molar-refractivity contribution in [3.8, 4) is 0 Å². The minimum atomic E-state index is 0.505. The number of nitrogens with zero attached hydrogens (tertiary/aromatic N) is 1. The lowest BCUT2D eigenvalue weighted by atomic mass is 9.88. The summed E-state index contributed by atoms with van der Waals surface area (Å²) in [6.45, 7) is 0. The Balaban J connectivity index is 1.55. The molecule has 0 radical (unpaired) electrons. The summed E-state index contributed by atoms with van der Waals surface area (Å²) < 4.78 is 1.26. The van der Waals surface area contributed by atoms with Gasteiger partial charge in [0.1, 0.15) is 0 Å². The van der Waals surface area contributed by atoms with Crippen LogP contribution in [0, 0.1) is 0 Å². The summed E-state index contributed by atoms with van der Waals surface area (Å²) in [6.07, 6.45) is 3.46. The molecule has 0 saturated carbocycles. The van der Waals surface area contributed by atoms with Crippen molar-refractivity contribution in [3.63, 3.8) is 0 Å². The molecule has 0 saturated heterocycles. The number of hydrogen-bond donors (Lipinski definition) is 1. The number of aromatic nitrogens is 1. The predicted molar refractivity (Wildman–Crippen MR) is 85.5 cm³/mol. The van der Waals surface area contributed by atoms with Gasteiger partial charge in [-0.15, -0.1) is 0 Å². The van der Waals surface area contributed by atoms with Crippen LogP contribution in [0.15, 0.2) is 48.5 Å². The molecular weight excluding hydrogens is 264 g/mol. The van der Waals surface area contributed by atoms with Gasteiger partial charge in [-0.3, -0.25) is 0 Å². The first-order valence-corrected chi connectivity index (χ1v) is 7.89. The molecule has 1 heterocycles. The molecule has 0 bridgehead atoms. The lowest BCUT2D eigenvalue weighted by molar-refractivity contribution is 0.610. The van der Waals surface area contributed by atoms with Crippen molar-refractivity contribution >= 4 is 26.7 Å². The summed E-state index contributed by atoms with van der Waals surface area (Å²) in [4.78, 5) is 4.67. The monoisotopic (exact) mass is 280 g/mol. The van der Waals surface area contributed by atoms with Gasteiger partial charge in [-0.2, -0.15) is 0 Å². The van der Waals surface area contributed by atoms with Gasteiger partial charge in [-0.25, -0.2) is 4.98 Å². The van der Waals surface area contributed by atoms with Gasteiger partial charge in [0.15, 0.2) is 5.13 Å². The summed E-state index contributed by atoms with van der Waals surface area (Å²) in [5, 5.41) is 4.67. The average molecular weight is 280 g/mol. The van der Waals surface area contributed by atoms with Crippen LogP contribution >= 0.6 is 11.3 Å². The van der Waals surface area contributed by atoms with Crippen molar-refractivity contribution < 1.29 is 0 Å². The van der Waals surface area contributed by atoms with Gasteiger partial charge in [0.2, 0.25) is 0 Å². The third-order valence-corrected chi connectivity index (χ3v) is 4.94. The number of benzene rings is 2. The number of nitrogens with one attached hydrogen (secondary N) is 1. The van der Waals surface area contributed by atoms with E-state index in [0.717, 1.165) is 17.1 Å². The lowest BCUT2D eigenvalue weighted by Crippen LogP contribution is -2.27. The van der Waals surface area contributed by atoms with E-state index < -0.39 is 0 Å². The SMILES string of the molecule is c1ccc2c(c1)CCC(Nc1nc3ccccc3s1)C2. The second kappa shape index (κ2) is 4.91. The van der Waals surface area contributed by atoms with Gasteiger partial charge >= 0.3 is 0 Å². The Morgan fingerprint density at radius 3 is 2.70 bits per heavy atom. The van der Waals surface area contributed by atoms with Crippen LogP contribution in [0.2, 0.25) is 0 Å². The molecule has 1 atom stereocenters. The molecule has 0 spiro atoms. The van der Waals surface area contributed by atoms with Crippen molar-refractivity contribution in [2.45, 2.75) is 25.3 Å². The predicted octanol–water partition coefficient (Wildman–Crippen LogP) is 4.27. The summed E-state index contributed by atoms with van der Waals surface area (Å²) >= 11 is 1.75. The Kier molecular flexibility index (Phi) is 2.92. The molecule has 4 rings (SSSR count). The van der Waals surface area contributed by atoms with Crippen LogP contribution in [0.4, 0.5) is 5.13 Å². The minimum absolute atomic E-state index is 0.505. The van der Waals surface area contributed by atoms with Gasteiger partial charge in [0, 0.05) is 6.04 Å². The first-order valence-electron chi connectivity index (χ1n) is 7.07. The van der Waals surface area contributed by atoms with Gasteiger partial charge in [-0.1, -0.05) is 47.7 Å². The molecule has 1 aliphatic rings. The Hall–Kier alpha value is -1.87. The number of thiazole rings is 1. The van der Waals surface area contributed by atoms with E-state index in [1.165, 1.54) is 28.7 Å². The number of anilines is 1. The average Bonchev–Trinajstić information content (AvgIpc) is 2.89. The van der Waals surface area contributed by atoms with Gasteiger partial charge in [0.05, 0.1) is 10.2 Å². The van der Waals surface area contributed by atoms with Crippen molar-refractivity contribution in [3.05, 3.63) is 59.7 Å². The highest BCUT2D eigenvalue weighted by atomic mass is 32.1. The normalized spacial score (nSPS) is 17.9. The summed E-state index contributed by atoms with van der Waals surface area (Å²) in [7, 11) is 0. The van der Waals surface area contributed by atoms with E-state index in [0.29, 0.717) is 6.04 Å². The van der Waals surface area contributed by atoms with Crippen LogP contribution < -0.4 is 5.32 Å². The zero-order chi connectivity index (χ0) is 13.4. The molecule has 1 aliphatic carbocycles. The maximum atomic E-state index is 4.67. The zero-order valence-corrected chi connectivity index (χ0v) is 12.0. The number of para-hydroxylation sites is 1. The maximum Gasteiger partial charge on any atom is 0.184 e. The molecule has 0 amide bonds. The van der Waals surface area contributed by atoms with Gasteiger partial charge in [0.25, 0.3) is 0 Å². The Morgan fingerprint density at radius 1 is 1.00 bits per heavy atom. The fraction of sp³-hybridized carbons (Fsp3) is 0.235. The molecule has 2 aromatic carbocycles. The first kappa shape index (κ1) is 11.9. The highest BCUT2D eigenvalue weighted by molar-refractivity contribution is 7.22. The highest BCUT2D eigenvalue weighted by Crippen LogP contribution is 2.28. The van der Waals surface area contributed by atoms with Crippen LogP contribution in [-0.2, 0) is 12.8 Å². The van der Waals surface area contributed by atoms with E-state index in [1.807, 2.05) is 6.07 Å². The summed E-state index contributed by atoms with van der Waals surface area (Å²) in [6, 6.07) is 17.6. The van der Waals surface area contributed by atoms with Crippen LogP contribution in [0.25, 0.3) is 10.2 Å². The fourth-order valence-corrected chi connectivity index (χ4v) is 3.87. The zero-order valence-electron chi connectivity index (χ0n) is 11.2. The molecule has 20 heavy (non-hydrogen) atoms. The van der Waals surface area contributed by atoms with E-state index in [9.17, 15) is 0 Å². The number of rotatable bonds is 2. The van der Waals surface area contributed by atoms with Crippen molar-refractivity contribution in [2.75, 3.05) is 5.32 Å². The highest BCUT2D eigenvalue weighted by Gasteiger charge is 2.18. The summed E-state index contributed by atoms with van der Waals surface area (Å²) in [5.41, 5.74) is 4.09. The quantitative estimate of drug-likeness (QED) is 0.758. The molecule has 1 aromatic heterocycles. The number of fused-ring (bicyclic) bond motifs is 2. The third kappa shape index (κ3) is 2.18.